The number of aromatic nitrogens is 1. The SMILES string of the molecule is COC(=O)[C@H]1CN(Cn2cc(S(=O)(=O)N(C)C)ccc2=O)CCS1. The molecule has 1 saturated heterocycles. The Morgan fingerprint density at radius 1 is 1.42 bits per heavy atom. The highest BCUT2D eigenvalue weighted by Gasteiger charge is 2.27. The predicted octanol–water partition coefficient (Wildman–Crippen LogP) is -0.353. The van der Waals surface area contributed by atoms with E-state index in [9.17, 15) is 18.0 Å². The number of ether oxygens (including phenoxy) is 1. The fraction of sp³-hybridized carbons (Fsp3) is 0.571. The van der Waals surface area contributed by atoms with Crippen LogP contribution < -0.4 is 5.56 Å². The van der Waals surface area contributed by atoms with Crippen LogP contribution in [0.2, 0.25) is 0 Å². The smallest absolute Gasteiger partial charge is 0.320 e. The van der Waals surface area contributed by atoms with E-state index in [4.69, 9.17) is 4.74 Å². The molecule has 2 heterocycles. The second kappa shape index (κ2) is 7.68. The van der Waals surface area contributed by atoms with Crippen LogP contribution >= 0.6 is 11.8 Å². The Bertz CT molecular complexity index is 760. The van der Waals surface area contributed by atoms with Crippen molar-refractivity contribution in [2.24, 2.45) is 0 Å². The summed E-state index contributed by atoms with van der Waals surface area (Å²) in [6, 6.07) is 2.55. The number of methoxy groups -OCH3 is 1. The van der Waals surface area contributed by atoms with Gasteiger partial charge in [-0.1, -0.05) is 0 Å². The second-order valence-electron chi connectivity index (χ2n) is 5.56. The van der Waals surface area contributed by atoms with Gasteiger partial charge in [-0.3, -0.25) is 14.5 Å². The molecule has 0 amide bonds. The highest BCUT2D eigenvalue weighted by atomic mass is 32.2. The second-order valence-corrected chi connectivity index (χ2v) is 9.02. The first kappa shape index (κ1) is 19.0. The van der Waals surface area contributed by atoms with Crippen LogP contribution in [0.1, 0.15) is 0 Å². The number of pyridine rings is 1. The van der Waals surface area contributed by atoms with Gasteiger partial charge in [0.15, 0.2) is 0 Å². The minimum Gasteiger partial charge on any atom is -0.468 e. The van der Waals surface area contributed by atoms with Gasteiger partial charge in [0.2, 0.25) is 10.0 Å². The first-order valence-corrected chi connectivity index (χ1v) is 9.79. The van der Waals surface area contributed by atoms with Crippen molar-refractivity contribution in [3.63, 3.8) is 0 Å². The van der Waals surface area contributed by atoms with Crippen molar-refractivity contribution >= 4 is 27.8 Å². The number of hydrogen-bond donors (Lipinski definition) is 0. The summed E-state index contributed by atoms with van der Waals surface area (Å²) in [5.41, 5.74) is -0.291. The van der Waals surface area contributed by atoms with E-state index in [0.29, 0.717) is 13.1 Å². The average molecular weight is 375 g/mol. The quantitative estimate of drug-likeness (QED) is 0.650. The minimum atomic E-state index is -3.61. The molecule has 134 valence electrons. The zero-order chi connectivity index (χ0) is 17.9. The predicted molar refractivity (Wildman–Crippen MR) is 91.4 cm³/mol. The highest BCUT2D eigenvalue weighted by Crippen LogP contribution is 2.20. The standard InChI is InChI=1S/C14H21N3O5S2/c1-15(2)24(20,21)11-4-5-13(18)17(8-11)10-16-6-7-23-12(9-16)14(19)22-3/h4-5,8,12H,6-7,9-10H2,1-3H3/t12-/m1/s1. The van der Waals surface area contributed by atoms with Crippen molar-refractivity contribution in [3.05, 3.63) is 28.7 Å². The summed E-state index contributed by atoms with van der Waals surface area (Å²) in [5, 5.41) is -0.298. The molecule has 0 unspecified atom stereocenters. The molecule has 24 heavy (non-hydrogen) atoms. The van der Waals surface area contributed by atoms with Crippen LogP contribution in [-0.2, 0) is 26.2 Å². The normalized spacial score (nSPS) is 19.4. The third-order valence-corrected chi connectivity index (χ3v) is 6.66. The molecule has 0 aromatic carbocycles. The zero-order valence-electron chi connectivity index (χ0n) is 13.8. The van der Waals surface area contributed by atoms with Crippen LogP contribution in [-0.4, -0.2) is 73.5 Å². The molecule has 1 aromatic rings. The van der Waals surface area contributed by atoms with E-state index < -0.39 is 10.0 Å². The summed E-state index contributed by atoms with van der Waals surface area (Å²) in [5.74, 6) is 0.450. The van der Waals surface area contributed by atoms with Gasteiger partial charge in [-0.05, 0) is 6.07 Å². The molecule has 1 aliphatic rings. The Morgan fingerprint density at radius 2 is 2.12 bits per heavy atom. The van der Waals surface area contributed by atoms with Gasteiger partial charge in [0.25, 0.3) is 5.56 Å². The van der Waals surface area contributed by atoms with Crippen LogP contribution in [0.4, 0.5) is 0 Å². The van der Waals surface area contributed by atoms with Gasteiger partial charge < -0.3 is 9.30 Å². The van der Waals surface area contributed by atoms with Crippen LogP contribution in [0.3, 0.4) is 0 Å². The Hall–Kier alpha value is -1.36. The number of sulfonamides is 1. The molecule has 1 aliphatic heterocycles. The fourth-order valence-corrected chi connectivity index (χ4v) is 4.42. The van der Waals surface area contributed by atoms with E-state index >= 15 is 0 Å². The lowest BCUT2D eigenvalue weighted by Crippen LogP contribution is -2.44. The largest absolute Gasteiger partial charge is 0.468 e. The van der Waals surface area contributed by atoms with Crippen LogP contribution in [0.15, 0.2) is 28.0 Å². The maximum Gasteiger partial charge on any atom is 0.320 e. The minimum absolute atomic E-state index is 0.0583. The summed E-state index contributed by atoms with van der Waals surface area (Å²) in [6.45, 7) is 1.38. The lowest BCUT2D eigenvalue weighted by molar-refractivity contribution is -0.140. The summed E-state index contributed by atoms with van der Waals surface area (Å²) in [7, 11) is 0.617. The van der Waals surface area contributed by atoms with Gasteiger partial charge in [-0.15, -0.1) is 11.8 Å². The Kier molecular flexibility index (Phi) is 6.07. The number of rotatable bonds is 5. The molecule has 1 fully saturated rings. The first-order chi connectivity index (χ1) is 11.3. The third kappa shape index (κ3) is 4.18. The van der Waals surface area contributed by atoms with Gasteiger partial charge >= 0.3 is 5.97 Å². The van der Waals surface area contributed by atoms with Crippen molar-refractivity contribution in [2.45, 2.75) is 16.8 Å². The molecule has 0 N–H and O–H groups in total. The maximum absolute atomic E-state index is 12.2. The number of carbonyl (C=O) groups is 1. The van der Waals surface area contributed by atoms with Crippen molar-refractivity contribution in [2.75, 3.05) is 40.0 Å². The molecule has 1 aromatic heterocycles. The number of hydrogen-bond acceptors (Lipinski definition) is 7. The molecule has 2 rings (SSSR count). The molecule has 0 saturated carbocycles. The van der Waals surface area contributed by atoms with Gasteiger partial charge in [0.1, 0.15) is 5.25 Å². The van der Waals surface area contributed by atoms with Crippen LogP contribution in [0.25, 0.3) is 0 Å². The summed E-state index contributed by atoms with van der Waals surface area (Å²) in [6.07, 6.45) is 1.34. The summed E-state index contributed by atoms with van der Waals surface area (Å²) < 4.78 is 31.6. The summed E-state index contributed by atoms with van der Waals surface area (Å²) in [4.78, 5) is 25.7. The van der Waals surface area contributed by atoms with Crippen LogP contribution in [0.5, 0.6) is 0 Å². The number of thioether (sulfide) groups is 1. The van der Waals surface area contributed by atoms with Crippen molar-refractivity contribution in [1.29, 1.82) is 0 Å². The number of nitrogens with zero attached hydrogens (tertiary/aromatic N) is 3. The molecule has 0 radical (unpaired) electrons. The monoisotopic (exact) mass is 375 g/mol. The Balaban J connectivity index is 2.21. The van der Waals surface area contributed by atoms with Crippen molar-refractivity contribution in [1.82, 2.24) is 13.8 Å². The zero-order valence-corrected chi connectivity index (χ0v) is 15.5. The van der Waals surface area contributed by atoms with Gasteiger partial charge in [0, 0.05) is 45.2 Å². The lowest BCUT2D eigenvalue weighted by Gasteiger charge is -2.31. The molecule has 10 heteroatoms. The van der Waals surface area contributed by atoms with E-state index in [2.05, 4.69) is 0 Å². The number of esters is 1. The lowest BCUT2D eigenvalue weighted by atomic mass is 10.3. The molecule has 1 atom stereocenters. The van der Waals surface area contributed by atoms with Crippen molar-refractivity contribution in [3.8, 4) is 0 Å². The van der Waals surface area contributed by atoms with Crippen molar-refractivity contribution < 1.29 is 17.9 Å². The van der Waals surface area contributed by atoms with E-state index in [1.807, 2.05) is 4.90 Å². The molecule has 0 spiro atoms. The highest BCUT2D eigenvalue weighted by molar-refractivity contribution is 8.00. The van der Waals surface area contributed by atoms with Crippen LogP contribution in [0, 0.1) is 0 Å². The average Bonchev–Trinajstić information content (AvgIpc) is 2.56. The first-order valence-electron chi connectivity index (χ1n) is 7.30. The fourth-order valence-electron chi connectivity index (χ4n) is 2.30. The maximum atomic E-state index is 12.2. The van der Waals surface area contributed by atoms with E-state index in [1.165, 1.54) is 55.9 Å². The van der Waals surface area contributed by atoms with E-state index in [-0.39, 0.29) is 28.3 Å². The molecular formula is C14H21N3O5S2. The Labute approximate surface area is 145 Å². The summed E-state index contributed by atoms with van der Waals surface area (Å²) >= 11 is 1.52. The molecule has 8 nitrogen and oxygen atoms in total. The van der Waals surface area contributed by atoms with Gasteiger partial charge in [-0.25, -0.2) is 12.7 Å². The molecular weight excluding hydrogens is 354 g/mol. The Morgan fingerprint density at radius 3 is 2.75 bits per heavy atom. The molecule has 0 bridgehead atoms. The van der Waals surface area contributed by atoms with E-state index in [0.717, 1.165) is 10.1 Å². The number of carbonyl (C=O) groups excluding carboxylic acids is 1. The molecule has 0 aliphatic carbocycles. The topological polar surface area (TPSA) is 88.9 Å². The third-order valence-electron chi connectivity index (χ3n) is 3.70. The van der Waals surface area contributed by atoms with E-state index in [1.54, 1.807) is 0 Å². The van der Waals surface area contributed by atoms with Gasteiger partial charge in [-0.2, -0.15) is 0 Å². The van der Waals surface area contributed by atoms with Gasteiger partial charge in [0.05, 0.1) is 18.7 Å².